The van der Waals surface area contributed by atoms with Gasteiger partial charge in [-0.2, -0.15) is 5.10 Å². The molecule has 2 rings (SSSR count). The van der Waals surface area contributed by atoms with E-state index in [9.17, 15) is 4.79 Å². The Labute approximate surface area is 107 Å². The van der Waals surface area contributed by atoms with E-state index >= 15 is 0 Å². The Morgan fingerprint density at radius 1 is 1.65 bits per heavy atom. The molecule has 1 N–H and O–H groups in total. The van der Waals surface area contributed by atoms with Gasteiger partial charge < -0.3 is 9.72 Å². The molecule has 17 heavy (non-hydrogen) atoms. The first-order chi connectivity index (χ1) is 8.13. The molecule has 0 aliphatic carbocycles. The number of carbonyl (C=O) groups excluding carboxylic acids is 1. The number of H-pyrrole nitrogens is 1. The van der Waals surface area contributed by atoms with Crippen LogP contribution in [0.15, 0.2) is 22.9 Å². The average molecular weight is 298 g/mol. The molecule has 6 heteroatoms. The first kappa shape index (κ1) is 11.9. The Morgan fingerprint density at radius 3 is 3.00 bits per heavy atom. The van der Waals surface area contributed by atoms with Crippen LogP contribution in [0, 0.1) is 0 Å². The van der Waals surface area contributed by atoms with Gasteiger partial charge >= 0.3 is 5.97 Å². The second-order valence-electron chi connectivity index (χ2n) is 3.48. The van der Waals surface area contributed by atoms with Gasteiger partial charge in [0.25, 0.3) is 0 Å². The van der Waals surface area contributed by atoms with E-state index in [-0.39, 0.29) is 5.97 Å². The number of ether oxygens (including phenoxy) is 1. The molecule has 0 unspecified atom stereocenters. The zero-order chi connectivity index (χ0) is 12.4. The van der Waals surface area contributed by atoms with Crippen molar-refractivity contribution in [3.8, 4) is 11.3 Å². The van der Waals surface area contributed by atoms with Crippen molar-refractivity contribution in [1.29, 1.82) is 0 Å². The summed E-state index contributed by atoms with van der Waals surface area (Å²) >= 11 is 3.39. The molecule has 0 amide bonds. The fourth-order valence-corrected chi connectivity index (χ4v) is 2.08. The highest BCUT2D eigenvalue weighted by atomic mass is 79.9. The first-order valence-electron chi connectivity index (χ1n) is 5.17. The molecule has 0 bridgehead atoms. The van der Waals surface area contributed by atoms with E-state index in [4.69, 9.17) is 4.74 Å². The van der Waals surface area contributed by atoms with E-state index in [1.54, 1.807) is 17.8 Å². The molecule has 0 fully saturated rings. The normalized spacial score (nSPS) is 10.5. The third-order valence-electron chi connectivity index (χ3n) is 2.28. The summed E-state index contributed by atoms with van der Waals surface area (Å²) in [6.07, 6.45) is 3.53. The van der Waals surface area contributed by atoms with Gasteiger partial charge in [0.05, 0.1) is 12.3 Å². The number of aromatic amines is 1. The van der Waals surface area contributed by atoms with E-state index in [1.807, 2.05) is 19.3 Å². The average Bonchev–Trinajstić information content (AvgIpc) is 2.85. The minimum absolute atomic E-state index is 0.344. The van der Waals surface area contributed by atoms with E-state index in [1.165, 1.54) is 0 Å². The summed E-state index contributed by atoms with van der Waals surface area (Å²) in [7, 11) is 1.83. The van der Waals surface area contributed by atoms with Crippen molar-refractivity contribution in [3.05, 3.63) is 28.6 Å². The van der Waals surface area contributed by atoms with Crippen molar-refractivity contribution >= 4 is 21.9 Å². The molecular formula is C11H12BrN3O2. The Balaban J connectivity index is 2.46. The van der Waals surface area contributed by atoms with Crippen molar-refractivity contribution in [2.24, 2.45) is 7.05 Å². The Bertz CT molecular complexity index is 545. The topological polar surface area (TPSA) is 59.9 Å². The minimum atomic E-state index is -0.376. The van der Waals surface area contributed by atoms with Crippen LogP contribution in [0.1, 0.15) is 17.4 Å². The summed E-state index contributed by atoms with van der Waals surface area (Å²) in [5.74, 6) is -0.376. The van der Waals surface area contributed by atoms with Gasteiger partial charge in [-0.15, -0.1) is 0 Å². The zero-order valence-corrected chi connectivity index (χ0v) is 11.1. The number of rotatable bonds is 3. The Hall–Kier alpha value is -1.56. The molecule has 0 saturated carbocycles. The Kier molecular flexibility index (Phi) is 3.33. The molecule has 0 atom stereocenters. The van der Waals surface area contributed by atoms with Gasteiger partial charge in [0, 0.05) is 29.5 Å². The smallest absolute Gasteiger partial charge is 0.355 e. The zero-order valence-electron chi connectivity index (χ0n) is 9.53. The van der Waals surface area contributed by atoms with Crippen molar-refractivity contribution in [3.63, 3.8) is 0 Å². The van der Waals surface area contributed by atoms with Crippen molar-refractivity contribution < 1.29 is 9.53 Å². The fourth-order valence-electron chi connectivity index (χ4n) is 1.56. The summed E-state index contributed by atoms with van der Waals surface area (Å²) in [5.41, 5.74) is 1.87. The number of nitrogens with one attached hydrogen (secondary N) is 1. The fraction of sp³-hybridized carbons (Fsp3) is 0.273. The predicted molar refractivity (Wildman–Crippen MR) is 66.7 cm³/mol. The third-order valence-corrected chi connectivity index (χ3v) is 2.91. The first-order valence-corrected chi connectivity index (χ1v) is 5.96. The highest BCUT2D eigenvalue weighted by molar-refractivity contribution is 9.10. The van der Waals surface area contributed by atoms with Crippen LogP contribution in [-0.4, -0.2) is 27.3 Å². The molecule has 0 aromatic carbocycles. The molecule has 0 saturated heterocycles. The molecule has 0 aliphatic heterocycles. The summed E-state index contributed by atoms with van der Waals surface area (Å²) in [4.78, 5) is 14.6. The molecule has 2 aromatic heterocycles. The van der Waals surface area contributed by atoms with Gasteiger partial charge in [0.2, 0.25) is 0 Å². The molecule has 0 spiro atoms. The van der Waals surface area contributed by atoms with Crippen LogP contribution in [-0.2, 0) is 11.8 Å². The van der Waals surface area contributed by atoms with Gasteiger partial charge in [0.1, 0.15) is 5.69 Å². The van der Waals surface area contributed by atoms with Crippen molar-refractivity contribution in [2.45, 2.75) is 6.92 Å². The lowest BCUT2D eigenvalue weighted by atomic mass is 10.2. The number of hydrogen-bond acceptors (Lipinski definition) is 3. The van der Waals surface area contributed by atoms with Crippen molar-refractivity contribution in [1.82, 2.24) is 14.8 Å². The van der Waals surface area contributed by atoms with Crippen LogP contribution in [0.25, 0.3) is 11.3 Å². The number of aryl methyl sites for hydroxylation is 1. The van der Waals surface area contributed by atoms with Crippen molar-refractivity contribution in [2.75, 3.05) is 6.61 Å². The van der Waals surface area contributed by atoms with Gasteiger partial charge in [-0.1, -0.05) is 0 Å². The number of halogens is 1. The second-order valence-corrected chi connectivity index (χ2v) is 4.34. The maximum atomic E-state index is 11.8. The number of nitrogens with zero attached hydrogens (tertiary/aromatic N) is 2. The summed E-state index contributed by atoms with van der Waals surface area (Å²) in [6.45, 7) is 2.12. The molecule has 5 nitrogen and oxygen atoms in total. The third kappa shape index (κ3) is 2.26. The van der Waals surface area contributed by atoms with E-state index in [2.05, 4.69) is 26.0 Å². The number of esters is 1. The Morgan fingerprint density at radius 2 is 2.41 bits per heavy atom. The van der Waals surface area contributed by atoms with Gasteiger partial charge in [0.15, 0.2) is 0 Å². The van der Waals surface area contributed by atoms with Crippen LogP contribution < -0.4 is 0 Å². The number of hydrogen-bond donors (Lipinski definition) is 1. The molecule has 90 valence electrons. The monoisotopic (exact) mass is 297 g/mol. The second kappa shape index (κ2) is 4.75. The maximum absolute atomic E-state index is 11.8. The predicted octanol–water partition coefficient (Wildman–Crippen LogP) is 2.35. The number of aromatic nitrogens is 3. The molecule has 0 aliphatic rings. The van der Waals surface area contributed by atoms with Crippen LogP contribution in [0.2, 0.25) is 0 Å². The van der Waals surface area contributed by atoms with Crippen LogP contribution in [0.5, 0.6) is 0 Å². The van der Waals surface area contributed by atoms with Gasteiger partial charge in [-0.05, 0) is 28.9 Å². The maximum Gasteiger partial charge on any atom is 0.355 e. The van der Waals surface area contributed by atoms with E-state index in [0.29, 0.717) is 12.3 Å². The molecular weight excluding hydrogens is 286 g/mol. The lowest BCUT2D eigenvalue weighted by Crippen LogP contribution is -2.06. The summed E-state index contributed by atoms with van der Waals surface area (Å²) < 4.78 is 7.46. The SMILES string of the molecule is CCOC(=O)c1[nH]cc(Br)c1-c1ccn(C)n1. The summed E-state index contributed by atoms with van der Waals surface area (Å²) in [6, 6.07) is 1.84. The van der Waals surface area contributed by atoms with Crippen LogP contribution in [0.4, 0.5) is 0 Å². The van der Waals surface area contributed by atoms with E-state index < -0.39 is 0 Å². The van der Waals surface area contributed by atoms with Crippen LogP contribution >= 0.6 is 15.9 Å². The standard InChI is InChI=1S/C11H12BrN3O2/c1-3-17-11(16)10-9(7(12)6-13-10)8-4-5-15(2)14-8/h4-6,13H,3H2,1-2H3. The molecule has 2 heterocycles. The molecule has 2 aromatic rings. The largest absolute Gasteiger partial charge is 0.461 e. The number of carbonyl (C=O) groups is 1. The van der Waals surface area contributed by atoms with Gasteiger partial charge in [-0.3, -0.25) is 4.68 Å². The minimum Gasteiger partial charge on any atom is -0.461 e. The lowest BCUT2D eigenvalue weighted by Gasteiger charge is -2.02. The summed E-state index contributed by atoms with van der Waals surface area (Å²) in [5, 5.41) is 4.28. The van der Waals surface area contributed by atoms with Gasteiger partial charge in [-0.25, -0.2) is 4.79 Å². The van der Waals surface area contributed by atoms with E-state index in [0.717, 1.165) is 15.7 Å². The van der Waals surface area contributed by atoms with Crippen LogP contribution in [0.3, 0.4) is 0 Å². The highest BCUT2D eigenvalue weighted by Crippen LogP contribution is 2.30. The quantitative estimate of drug-likeness (QED) is 0.885. The lowest BCUT2D eigenvalue weighted by molar-refractivity contribution is 0.0521. The molecule has 0 radical (unpaired) electrons. The highest BCUT2D eigenvalue weighted by Gasteiger charge is 2.20.